The van der Waals surface area contributed by atoms with Crippen LogP contribution in [0.5, 0.6) is 11.5 Å². The molecule has 2 aromatic rings. The Kier molecular flexibility index (Phi) is 4.27. The van der Waals surface area contributed by atoms with Crippen molar-refractivity contribution in [3.8, 4) is 11.5 Å². The van der Waals surface area contributed by atoms with Gasteiger partial charge in [0.25, 0.3) is 0 Å². The number of imidazole rings is 1. The molecule has 19 heavy (non-hydrogen) atoms. The molecule has 0 atom stereocenters. The van der Waals surface area contributed by atoms with Gasteiger partial charge in [-0.25, -0.2) is 0 Å². The Morgan fingerprint density at radius 3 is 2.58 bits per heavy atom. The summed E-state index contributed by atoms with van der Waals surface area (Å²) in [6.45, 7) is 2.86. The van der Waals surface area contributed by atoms with E-state index in [-0.39, 0.29) is 0 Å². The van der Waals surface area contributed by atoms with Crippen LogP contribution in [0.3, 0.4) is 0 Å². The predicted octanol–water partition coefficient (Wildman–Crippen LogP) is 3.68. The number of benzene rings is 1. The van der Waals surface area contributed by atoms with Gasteiger partial charge in [0, 0.05) is 18.7 Å². The van der Waals surface area contributed by atoms with Gasteiger partial charge in [-0.1, -0.05) is 12.2 Å². The molecule has 1 aromatic carbocycles. The lowest BCUT2D eigenvalue weighted by molar-refractivity contribution is 0.355. The standard InChI is InChI=1S/C14H18N2O2S/c1-4-5-6-7-16-11-9-13(18-3)12(17-2)8-10(11)15-14(16)19/h4-5,8-9H,6-7H2,1-3H3,(H,15,19)/b5-4+. The van der Waals surface area contributed by atoms with Gasteiger partial charge in [0.1, 0.15) is 0 Å². The molecule has 102 valence electrons. The minimum absolute atomic E-state index is 0.701. The number of nitrogens with zero attached hydrogens (tertiary/aromatic N) is 1. The van der Waals surface area contributed by atoms with Crippen molar-refractivity contribution in [1.82, 2.24) is 9.55 Å². The number of hydrogen-bond donors (Lipinski definition) is 1. The number of aryl methyl sites for hydroxylation is 1. The van der Waals surface area contributed by atoms with Gasteiger partial charge in [-0.05, 0) is 25.6 Å². The third-order valence-corrected chi connectivity index (χ3v) is 3.36. The number of rotatable bonds is 5. The van der Waals surface area contributed by atoms with Crippen molar-refractivity contribution < 1.29 is 9.47 Å². The minimum atomic E-state index is 0.701. The van der Waals surface area contributed by atoms with Gasteiger partial charge >= 0.3 is 0 Å². The number of H-pyrrole nitrogens is 1. The van der Waals surface area contributed by atoms with Crippen LogP contribution in [0.1, 0.15) is 13.3 Å². The first-order chi connectivity index (χ1) is 9.21. The third-order valence-electron chi connectivity index (χ3n) is 3.03. The predicted molar refractivity (Wildman–Crippen MR) is 79.7 cm³/mol. The van der Waals surface area contributed by atoms with E-state index < -0.39 is 0 Å². The third kappa shape index (κ3) is 2.66. The molecule has 4 nitrogen and oxygen atoms in total. The maximum absolute atomic E-state index is 5.36. The van der Waals surface area contributed by atoms with Crippen molar-refractivity contribution >= 4 is 23.3 Å². The first-order valence-corrected chi connectivity index (χ1v) is 6.57. The zero-order chi connectivity index (χ0) is 13.8. The van der Waals surface area contributed by atoms with Crippen LogP contribution in [0.15, 0.2) is 24.3 Å². The minimum Gasteiger partial charge on any atom is -0.493 e. The molecule has 0 saturated carbocycles. The zero-order valence-corrected chi connectivity index (χ0v) is 12.2. The normalized spacial score (nSPS) is 11.3. The van der Waals surface area contributed by atoms with E-state index in [1.54, 1.807) is 14.2 Å². The molecule has 2 rings (SSSR count). The van der Waals surface area contributed by atoms with Gasteiger partial charge in [0.15, 0.2) is 16.3 Å². The van der Waals surface area contributed by atoms with Crippen LogP contribution in [0.4, 0.5) is 0 Å². The summed E-state index contributed by atoms with van der Waals surface area (Å²) in [5, 5.41) is 0. The molecule has 0 radical (unpaired) electrons. The van der Waals surface area contributed by atoms with Crippen LogP contribution in [0.2, 0.25) is 0 Å². The Bertz CT molecular complexity index is 655. The van der Waals surface area contributed by atoms with E-state index in [4.69, 9.17) is 21.7 Å². The summed E-state index contributed by atoms with van der Waals surface area (Å²) in [4.78, 5) is 3.20. The van der Waals surface area contributed by atoms with E-state index in [0.29, 0.717) is 11.5 Å². The molecule has 0 saturated heterocycles. The van der Waals surface area contributed by atoms with Crippen LogP contribution in [0.25, 0.3) is 11.0 Å². The van der Waals surface area contributed by atoms with Crippen molar-refractivity contribution in [2.24, 2.45) is 0 Å². The summed E-state index contributed by atoms with van der Waals surface area (Å²) in [6, 6.07) is 3.87. The zero-order valence-electron chi connectivity index (χ0n) is 11.4. The van der Waals surface area contributed by atoms with Gasteiger partial charge in [-0.2, -0.15) is 0 Å². The number of ether oxygens (including phenoxy) is 2. The summed E-state index contributed by atoms with van der Waals surface area (Å²) >= 11 is 5.36. The van der Waals surface area contributed by atoms with E-state index in [1.165, 1.54) is 0 Å². The van der Waals surface area contributed by atoms with Crippen molar-refractivity contribution in [3.63, 3.8) is 0 Å². The van der Waals surface area contributed by atoms with Gasteiger partial charge in [-0.15, -0.1) is 0 Å². The summed E-state index contributed by atoms with van der Waals surface area (Å²) in [5.41, 5.74) is 2.00. The highest BCUT2D eigenvalue weighted by atomic mass is 32.1. The smallest absolute Gasteiger partial charge is 0.178 e. The number of fused-ring (bicyclic) bond motifs is 1. The Balaban J connectivity index is 2.52. The number of methoxy groups -OCH3 is 2. The molecule has 1 aromatic heterocycles. The second kappa shape index (κ2) is 5.93. The second-order valence-electron chi connectivity index (χ2n) is 4.16. The maximum Gasteiger partial charge on any atom is 0.178 e. The lowest BCUT2D eigenvalue weighted by Gasteiger charge is -2.08. The molecule has 1 N–H and O–H groups in total. The molecular weight excluding hydrogens is 260 g/mol. The van der Waals surface area contributed by atoms with Crippen molar-refractivity contribution in [1.29, 1.82) is 0 Å². The lowest BCUT2D eigenvalue weighted by Crippen LogP contribution is -1.97. The highest BCUT2D eigenvalue weighted by molar-refractivity contribution is 7.71. The Morgan fingerprint density at radius 1 is 1.26 bits per heavy atom. The van der Waals surface area contributed by atoms with Crippen molar-refractivity contribution in [2.45, 2.75) is 19.9 Å². The van der Waals surface area contributed by atoms with E-state index in [2.05, 4.69) is 15.6 Å². The molecule has 0 aliphatic carbocycles. The molecule has 0 fully saturated rings. The van der Waals surface area contributed by atoms with Crippen molar-refractivity contribution in [2.75, 3.05) is 14.2 Å². The monoisotopic (exact) mass is 278 g/mol. The molecule has 0 aliphatic heterocycles. The summed E-state index contributed by atoms with van der Waals surface area (Å²) in [5.74, 6) is 1.41. The average molecular weight is 278 g/mol. The average Bonchev–Trinajstić information content (AvgIpc) is 2.73. The summed E-state index contributed by atoms with van der Waals surface area (Å²) < 4.78 is 13.4. The second-order valence-corrected chi connectivity index (χ2v) is 4.55. The van der Waals surface area contributed by atoms with Crippen LogP contribution in [-0.2, 0) is 6.54 Å². The van der Waals surface area contributed by atoms with Crippen LogP contribution in [0, 0.1) is 4.77 Å². The molecule has 0 bridgehead atoms. The maximum atomic E-state index is 5.36. The Labute approximate surface area is 117 Å². The van der Waals surface area contributed by atoms with Crippen LogP contribution < -0.4 is 9.47 Å². The summed E-state index contributed by atoms with van der Waals surface area (Å²) in [6.07, 6.45) is 5.12. The molecule has 0 unspecified atom stereocenters. The van der Waals surface area contributed by atoms with Gasteiger partial charge in [0.05, 0.1) is 25.3 Å². The van der Waals surface area contributed by atoms with Crippen molar-refractivity contribution in [3.05, 3.63) is 29.1 Å². The lowest BCUT2D eigenvalue weighted by atomic mass is 10.2. The Hall–Kier alpha value is -1.75. The quantitative estimate of drug-likeness (QED) is 0.670. The topological polar surface area (TPSA) is 39.2 Å². The molecule has 1 heterocycles. The van der Waals surface area contributed by atoms with E-state index in [0.717, 1.165) is 28.8 Å². The fourth-order valence-electron chi connectivity index (χ4n) is 2.08. The highest BCUT2D eigenvalue weighted by Crippen LogP contribution is 2.31. The fourth-order valence-corrected chi connectivity index (χ4v) is 2.38. The van der Waals surface area contributed by atoms with Gasteiger partial charge in [0.2, 0.25) is 0 Å². The fraction of sp³-hybridized carbons (Fsp3) is 0.357. The number of nitrogens with one attached hydrogen (secondary N) is 1. The number of allylic oxidation sites excluding steroid dienone is 2. The van der Waals surface area contributed by atoms with E-state index in [9.17, 15) is 0 Å². The Morgan fingerprint density at radius 2 is 1.95 bits per heavy atom. The van der Waals surface area contributed by atoms with Gasteiger partial charge < -0.3 is 19.0 Å². The number of aromatic nitrogens is 2. The molecule has 0 aliphatic rings. The van der Waals surface area contributed by atoms with E-state index in [1.807, 2.05) is 25.1 Å². The summed E-state index contributed by atoms with van der Waals surface area (Å²) in [7, 11) is 3.26. The molecule has 5 heteroatoms. The van der Waals surface area contributed by atoms with Crippen LogP contribution in [-0.4, -0.2) is 23.8 Å². The molecule has 0 spiro atoms. The number of hydrogen-bond acceptors (Lipinski definition) is 3. The highest BCUT2D eigenvalue weighted by Gasteiger charge is 2.10. The molecular formula is C14H18N2O2S. The molecule has 0 amide bonds. The largest absolute Gasteiger partial charge is 0.493 e. The SMILES string of the molecule is C/C=C/CCn1c(=S)[nH]c2cc(OC)c(OC)cc21. The van der Waals surface area contributed by atoms with Crippen LogP contribution >= 0.6 is 12.2 Å². The van der Waals surface area contributed by atoms with E-state index >= 15 is 0 Å². The number of aromatic amines is 1. The van der Waals surface area contributed by atoms with Gasteiger partial charge in [-0.3, -0.25) is 0 Å². The first-order valence-electron chi connectivity index (χ1n) is 6.17. The first kappa shape index (κ1) is 13.7.